The first-order valence-electron chi connectivity index (χ1n) is 9.09. The van der Waals surface area contributed by atoms with Crippen LogP contribution in [0.2, 0.25) is 0 Å². The molecule has 0 saturated heterocycles. The fourth-order valence-corrected chi connectivity index (χ4v) is 3.69. The second kappa shape index (κ2) is 8.32. The topological polar surface area (TPSA) is 61.2 Å². The first-order chi connectivity index (χ1) is 14.1. The minimum absolute atomic E-state index is 0.0332. The van der Waals surface area contributed by atoms with Crippen molar-refractivity contribution >= 4 is 28.6 Å². The summed E-state index contributed by atoms with van der Waals surface area (Å²) in [6.07, 6.45) is 0. The molecule has 0 aliphatic carbocycles. The van der Waals surface area contributed by atoms with Gasteiger partial charge in [0.2, 0.25) is 0 Å². The Hall–Kier alpha value is -3.38. The number of para-hydroxylation sites is 2. The van der Waals surface area contributed by atoms with Crippen LogP contribution in [0.1, 0.15) is 5.56 Å². The first-order valence-corrected chi connectivity index (χ1v) is 10.1. The third-order valence-corrected chi connectivity index (χ3v) is 5.24. The number of nitrogens with zero attached hydrogens (tertiary/aromatic N) is 2. The van der Waals surface area contributed by atoms with Gasteiger partial charge in [0.05, 0.1) is 22.3 Å². The minimum Gasteiger partial charge on any atom is -0.426 e. The predicted octanol–water partition coefficient (Wildman–Crippen LogP) is 4.39. The highest BCUT2D eigenvalue weighted by molar-refractivity contribution is 7.99. The molecule has 144 valence electrons. The summed E-state index contributed by atoms with van der Waals surface area (Å²) in [5.74, 6) is 0.125. The molecule has 0 N–H and O–H groups in total. The van der Waals surface area contributed by atoms with Crippen LogP contribution in [0, 0.1) is 6.92 Å². The van der Waals surface area contributed by atoms with Gasteiger partial charge in [-0.15, -0.1) is 0 Å². The smallest absolute Gasteiger partial charge is 0.321 e. The molecule has 0 amide bonds. The van der Waals surface area contributed by atoms with Crippen molar-refractivity contribution in [2.75, 3.05) is 5.75 Å². The summed E-state index contributed by atoms with van der Waals surface area (Å²) in [4.78, 5) is 30.0. The zero-order valence-electron chi connectivity index (χ0n) is 15.7. The normalized spacial score (nSPS) is 10.8. The lowest BCUT2D eigenvalue weighted by molar-refractivity contribution is -0.131. The van der Waals surface area contributed by atoms with E-state index in [0.717, 1.165) is 5.56 Å². The van der Waals surface area contributed by atoms with Crippen molar-refractivity contribution in [3.63, 3.8) is 0 Å². The van der Waals surface area contributed by atoms with E-state index in [1.54, 1.807) is 24.3 Å². The summed E-state index contributed by atoms with van der Waals surface area (Å²) < 4.78 is 6.91. The Bertz CT molecular complexity index is 1220. The van der Waals surface area contributed by atoms with E-state index < -0.39 is 5.97 Å². The number of esters is 1. The van der Waals surface area contributed by atoms with Crippen molar-refractivity contribution in [2.24, 2.45) is 0 Å². The average molecular weight is 402 g/mol. The number of thioether (sulfide) groups is 1. The molecule has 1 heterocycles. The monoisotopic (exact) mass is 402 g/mol. The quantitative estimate of drug-likeness (QED) is 0.214. The van der Waals surface area contributed by atoms with Crippen LogP contribution < -0.4 is 10.3 Å². The number of hydrogen-bond donors (Lipinski definition) is 0. The van der Waals surface area contributed by atoms with Gasteiger partial charge in [-0.3, -0.25) is 14.2 Å². The zero-order chi connectivity index (χ0) is 20.2. The van der Waals surface area contributed by atoms with E-state index in [2.05, 4.69) is 4.98 Å². The molecule has 29 heavy (non-hydrogen) atoms. The van der Waals surface area contributed by atoms with Gasteiger partial charge < -0.3 is 4.74 Å². The third kappa shape index (κ3) is 4.22. The molecule has 5 nitrogen and oxygen atoms in total. The summed E-state index contributed by atoms with van der Waals surface area (Å²) in [5.41, 5.74) is 2.21. The molecule has 0 saturated carbocycles. The SMILES string of the molecule is Cc1ccc(OC(=O)CSc2nc3ccccc3c(=O)n2-c2ccccc2)cc1. The second-order valence-electron chi connectivity index (χ2n) is 6.46. The molecule has 4 rings (SSSR count). The van der Waals surface area contributed by atoms with Crippen molar-refractivity contribution in [3.05, 3.63) is 94.8 Å². The molecule has 1 aromatic heterocycles. The van der Waals surface area contributed by atoms with E-state index in [0.29, 0.717) is 27.5 Å². The van der Waals surface area contributed by atoms with Gasteiger partial charge in [-0.05, 0) is 43.3 Å². The Labute approximate surface area is 172 Å². The highest BCUT2D eigenvalue weighted by atomic mass is 32.2. The number of hydrogen-bond acceptors (Lipinski definition) is 5. The highest BCUT2D eigenvalue weighted by Gasteiger charge is 2.15. The molecule has 0 unspecified atom stereocenters. The molecule has 3 aromatic carbocycles. The molecule has 0 radical (unpaired) electrons. The molecule has 0 aliphatic rings. The van der Waals surface area contributed by atoms with Crippen LogP contribution in [0.5, 0.6) is 5.75 Å². The van der Waals surface area contributed by atoms with E-state index in [9.17, 15) is 9.59 Å². The summed E-state index contributed by atoms with van der Waals surface area (Å²) in [6.45, 7) is 1.97. The molecule has 0 fully saturated rings. The lowest BCUT2D eigenvalue weighted by Gasteiger charge is -2.13. The van der Waals surface area contributed by atoms with Gasteiger partial charge in [-0.1, -0.05) is 59.8 Å². The molecule has 4 aromatic rings. The van der Waals surface area contributed by atoms with Gasteiger partial charge in [0.1, 0.15) is 5.75 Å². The Morgan fingerprint density at radius 1 is 0.966 bits per heavy atom. The van der Waals surface area contributed by atoms with Crippen LogP contribution in [-0.4, -0.2) is 21.3 Å². The van der Waals surface area contributed by atoms with Gasteiger partial charge in [0, 0.05) is 0 Å². The molecular weight excluding hydrogens is 384 g/mol. The molecular formula is C23H18N2O3S. The van der Waals surface area contributed by atoms with E-state index in [4.69, 9.17) is 4.74 Å². The van der Waals surface area contributed by atoms with Gasteiger partial charge in [-0.2, -0.15) is 0 Å². The number of aromatic nitrogens is 2. The summed E-state index contributed by atoms with van der Waals surface area (Å²) >= 11 is 1.18. The highest BCUT2D eigenvalue weighted by Crippen LogP contribution is 2.22. The summed E-state index contributed by atoms with van der Waals surface area (Å²) in [5, 5.41) is 0.976. The number of fused-ring (bicyclic) bond motifs is 1. The van der Waals surface area contributed by atoms with E-state index >= 15 is 0 Å². The van der Waals surface area contributed by atoms with Crippen LogP contribution in [0.4, 0.5) is 0 Å². The Kier molecular flexibility index (Phi) is 5.44. The standard InChI is InChI=1S/C23H18N2O3S/c1-16-11-13-18(14-12-16)28-21(26)15-29-23-24-20-10-6-5-9-19(20)22(27)25(23)17-7-3-2-4-8-17/h2-14H,15H2,1H3. The minimum atomic E-state index is -0.402. The molecule has 0 aliphatic heterocycles. The molecule has 0 spiro atoms. The lowest BCUT2D eigenvalue weighted by atomic mass is 10.2. The predicted molar refractivity (Wildman–Crippen MR) is 115 cm³/mol. The Morgan fingerprint density at radius 3 is 2.41 bits per heavy atom. The maximum absolute atomic E-state index is 13.1. The van der Waals surface area contributed by atoms with E-state index in [1.807, 2.05) is 61.5 Å². The number of carbonyl (C=O) groups excluding carboxylic acids is 1. The van der Waals surface area contributed by atoms with Crippen LogP contribution in [-0.2, 0) is 4.79 Å². The molecule has 6 heteroatoms. The number of carbonyl (C=O) groups is 1. The number of benzene rings is 3. The van der Waals surface area contributed by atoms with Crippen molar-refractivity contribution < 1.29 is 9.53 Å². The fourth-order valence-electron chi connectivity index (χ4n) is 2.90. The average Bonchev–Trinajstić information content (AvgIpc) is 2.75. The molecule has 0 atom stereocenters. The number of ether oxygens (including phenoxy) is 1. The largest absolute Gasteiger partial charge is 0.426 e. The Morgan fingerprint density at radius 2 is 1.66 bits per heavy atom. The van der Waals surface area contributed by atoms with Crippen LogP contribution in [0.25, 0.3) is 16.6 Å². The maximum atomic E-state index is 13.1. The third-order valence-electron chi connectivity index (χ3n) is 4.33. The van der Waals surface area contributed by atoms with Crippen LogP contribution >= 0.6 is 11.8 Å². The van der Waals surface area contributed by atoms with Crippen molar-refractivity contribution in [2.45, 2.75) is 12.1 Å². The second-order valence-corrected chi connectivity index (χ2v) is 7.41. The van der Waals surface area contributed by atoms with Crippen molar-refractivity contribution in [1.82, 2.24) is 9.55 Å². The van der Waals surface area contributed by atoms with Crippen LogP contribution in [0.3, 0.4) is 0 Å². The van der Waals surface area contributed by atoms with Crippen LogP contribution in [0.15, 0.2) is 88.8 Å². The van der Waals surface area contributed by atoms with Crippen molar-refractivity contribution in [3.8, 4) is 11.4 Å². The van der Waals surface area contributed by atoms with Gasteiger partial charge in [-0.25, -0.2) is 4.98 Å². The van der Waals surface area contributed by atoms with Crippen molar-refractivity contribution in [1.29, 1.82) is 0 Å². The maximum Gasteiger partial charge on any atom is 0.321 e. The zero-order valence-corrected chi connectivity index (χ0v) is 16.6. The lowest BCUT2D eigenvalue weighted by Crippen LogP contribution is -2.22. The molecule has 0 bridgehead atoms. The van der Waals surface area contributed by atoms with E-state index in [-0.39, 0.29) is 11.3 Å². The number of aryl methyl sites for hydroxylation is 1. The first kappa shape index (κ1) is 19.0. The van der Waals surface area contributed by atoms with Gasteiger partial charge >= 0.3 is 5.97 Å². The number of rotatable bonds is 5. The summed E-state index contributed by atoms with van der Waals surface area (Å²) in [7, 11) is 0. The van der Waals surface area contributed by atoms with Gasteiger partial charge in [0.15, 0.2) is 5.16 Å². The van der Waals surface area contributed by atoms with Gasteiger partial charge in [0.25, 0.3) is 5.56 Å². The summed E-state index contributed by atoms with van der Waals surface area (Å²) in [6, 6.07) is 23.8. The Balaban J connectivity index is 1.64. The fraction of sp³-hybridized carbons (Fsp3) is 0.0870. The van der Waals surface area contributed by atoms with E-state index in [1.165, 1.54) is 16.3 Å².